The van der Waals surface area contributed by atoms with Crippen LogP contribution in [0.4, 0.5) is 0 Å². The number of carbonyl (C=O) groups is 1. The van der Waals surface area contributed by atoms with Gasteiger partial charge in [0.1, 0.15) is 0 Å². The highest BCUT2D eigenvalue weighted by Gasteiger charge is 2.35. The summed E-state index contributed by atoms with van der Waals surface area (Å²) in [4.78, 5) is 14.8. The molecule has 1 aliphatic heterocycles. The van der Waals surface area contributed by atoms with Crippen LogP contribution in [0.1, 0.15) is 32.3 Å². The lowest BCUT2D eigenvalue weighted by atomic mass is 9.92. The molecule has 2 rings (SSSR count). The second kappa shape index (κ2) is 5.54. The molecule has 0 amide bonds. The lowest BCUT2D eigenvalue weighted by Crippen LogP contribution is -2.49. The topological polar surface area (TPSA) is 20.3 Å². The summed E-state index contributed by atoms with van der Waals surface area (Å²) in [5.74, 6) is 0.302. The minimum Gasteiger partial charge on any atom is -0.297 e. The van der Waals surface area contributed by atoms with E-state index in [9.17, 15) is 4.79 Å². The van der Waals surface area contributed by atoms with Crippen LogP contribution in [0.2, 0.25) is 0 Å². The van der Waals surface area contributed by atoms with E-state index in [1.807, 2.05) is 24.3 Å². The van der Waals surface area contributed by atoms with Crippen LogP contribution in [-0.4, -0.2) is 29.3 Å². The zero-order valence-corrected chi connectivity index (χ0v) is 12.7. The standard InChI is InChI=1S/C15H20BrNO/c1-15(2,17-9-5-6-10-17)14(18)11-12-7-3-4-8-13(12)16/h3-4,7-8H,5-6,9-11H2,1-2H3. The summed E-state index contributed by atoms with van der Waals surface area (Å²) < 4.78 is 1.02. The molecule has 1 heterocycles. The maximum atomic E-state index is 12.5. The third-order valence-electron chi connectivity index (χ3n) is 3.89. The average molecular weight is 310 g/mol. The monoisotopic (exact) mass is 309 g/mol. The molecule has 0 N–H and O–H groups in total. The zero-order valence-electron chi connectivity index (χ0n) is 11.1. The Kier molecular flexibility index (Phi) is 4.23. The van der Waals surface area contributed by atoms with Crippen LogP contribution in [0.3, 0.4) is 0 Å². The van der Waals surface area contributed by atoms with Gasteiger partial charge in [-0.2, -0.15) is 0 Å². The molecule has 1 aliphatic rings. The number of Topliss-reactive ketones (excluding diaryl/α,β-unsaturated/α-hetero) is 1. The number of ketones is 1. The highest BCUT2D eigenvalue weighted by molar-refractivity contribution is 9.10. The highest BCUT2D eigenvalue weighted by atomic mass is 79.9. The number of halogens is 1. The third-order valence-corrected chi connectivity index (χ3v) is 4.66. The maximum Gasteiger partial charge on any atom is 0.156 e. The number of rotatable bonds is 4. The fraction of sp³-hybridized carbons (Fsp3) is 0.533. The van der Waals surface area contributed by atoms with E-state index in [0.29, 0.717) is 12.2 Å². The molecular weight excluding hydrogens is 290 g/mol. The number of hydrogen-bond donors (Lipinski definition) is 0. The summed E-state index contributed by atoms with van der Waals surface area (Å²) in [5.41, 5.74) is 0.737. The van der Waals surface area contributed by atoms with E-state index in [2.05, 4.69) is 34.7 Å². The van der Waals surface area contributed by atoms with Gasteiger partial charge in [0.05, 0.1) is 5.54 Å². The normalized spacial score (nSPS) is 17.1. The van der Waals surface area contributed by atoms with Gasteiger partial charge < -0.3 is 0 Å². The number of likely N-dealkylation sites (tertiary alicyclic amines) is 1. The molecule has 0 aliphatic carbocycles. The number of hydrogen-bond acceptors (Lipinski definition) is 2. The van der Waals surface area contributed by atoms with Gasteiger partial charge in [-0.15, -0.1) is 0 Å². The third kappa shape index (κ3) is 2.83. The quantitative estimate of drug-likeness (QED) is 0.849. The van der Waals surface area contributed by atoms with Crippen LogP contribution in [0.25, 0.3) is 0 Å². The van der Waals surface area contributed by atoms with Gasteiger partial charge in [0, 0.05) is 10.9 Å². The Balaban J connectivity index is 2.09. The summed E-state index contributed by atoms with van der Waals surface area (Å²) in [6.07, 6.45) is 2.93. The Labute approximate surface area is 117 Å². The molecule has 0 saturated carbocycles. The van der Waals surface area contributed by atoms with Crippen molar-refractivity contribution in [3.05, 3.63) is 34.3 Å². The van der Waals surface area contributed by atoms with Gasteiger partial charge in [0.2, 0.25) is 0 Å². The van der Waals surface area contributed by atoms with Crippen LogP contribution in [0.5, 0.6) is 0 Å². The minimum atomic E-state index is -0.341. The Morgan fingerprint density at radius 2 is 1.89 bits per heavy atom. The van der Waals surface area contributed by atoms with E-state index < -0.39 is 0 Å². The van der Waals surface area contributed by atoms with Crippen molar-refractivity contribution in [3.63, 3.8) is 0 Å². The van der Waals surface area contributed by atoms with E-state index >= 15 is 0 Å². The van der Waals surface area contributed by atoms with Gasteiger partial charge in [-0.25, -0.2) is 0 Å². The molecule has 0 atom stereocenters. The van der Waals surface area contributed by atoms with Gasteiger partial charge in [0.25, 0.3) is 0 Å². The van der Waals surface area contributed by atoms with E-state index in [4.69, 9.17) is 0 Å². The first-order chi connectivity index (χ1) is 8.51. The van der Waals surface area contributed by atoms with Crippen LogP contribution in [0, 0.1) is 0 Å². The van der Waals surface area contributed by atoms with Crippen LogP contribution < -0.4 is 0 Å². The van der Waals surface area contributed by atoms with Crippen molar-refractivity contribution in [1.29, 1.82) is 0 Å². The first kappa shape index (κ1) is 13.8. The zero-order chi connectivity index (χ0) is 13.2. The molecule has 3 heteroatoms. The van der Waals surface area contributed by atoms with E-state index in [0.717, 1.165) is 23.1 Å². The first-order valence-corrected chi connectivity index (χ1v) is 7.33. The predicted octanol–water partition coefficient (Wildman–Crippen LogP) is 3.44. The molecule has 1 saturated heterocycles. The molecule has 1 aromatic carbocycles. The van der Waals surface area contributed by atoms with Crippen LogP contribution >= 0.6 is 15.9 Å². The SMILES string of the molecule is CC(C)(C(=O)Cc1ccccc1Br)N1CCCC1. The van der Waals surface area contributed by atoms with Crippen molar-refractivity contribution < 1.29 is 4.79 Å². The Morgan fingerprint density at radius 1 is 1.28 bits per heavy atom. The van der Waals surface area contributed by atoms with Crippen LogP contribution in [-0.2, 0) is 11.2 Å². The molecule has 0 radical (unpaired) electrons. The van der Waals surface area contributed by atoms with Crippen molar-refractivity contribution >= 4 is 21.7 Å². The average Bonchev–Trinajstić information content (AvgIpc) is 2.86. The second-order valence-electron chi connectivity index (χ2n) is 5.44. The van der Waals surface area contributed by atoms with Crippen molar-refractivity contribution in [2.75, 3.05) is 13.1 Å². The number of carbonyl (C=O) groups excluding carboxylic acids is 1. The lowest BCUT2D eigenvalue weighted by Gasteiger charge is -2.34. The summed E-state index contributed by atoms with van der Waals surface area (Å²) in [7, 11) is 0. The number of nitrogens with zero attached hydrogens (tertiary/aromatic N) is 1. The fourth-order valence-electron chi connectivity index (χ4n) is 2.48. The minimum absolute atomic E-state index is 0.302. The van der Waals surface area contributed by atoms with Crippen molar-refractivity contribution in [1.82, 2.24) is 4.90 Å². The molecule has 0 aromatic heterocycles. The molecular formula is C15H20BrNO. The maximum absolute atomic E-state index is 12.5. The van der Waals surface area contributed by atoms with Gasteiger partial charge in [-0.05, 0) is 51.4 Å². The molecule has 1 fully saturated rings. The molecule has 0 unspecified atom stereocenters. The lowest BCUT2D eigenvalue weighted by molar-refractivity contribution is -0.128. The molecule has 1 aromatic rings. The fourth-order valence-corrected chi connectivity index (χ4v) is 2.91. The van der Waals surface area contributed by atoms with E-state index in [-0.39, 0.29) is 5.54 Å². The Hall–Kier alpha value is -0.670. The summed E-state index contributed by atoms with van der Waals surface area (Å²) in [6, 6.07) is 7.97. The van der Waals surface area contributed by atoms with Crippen molar-refractivity contribution in [2.45, 2.75) is 38.6 Å². The highest BCUT2D eigenvalue weighted by Crippen LogP contribution is 2.25. The largest absolute Gasteiger partial charge is 0.297 e. The van der Waals surface area contributed by atoms with Crippen molar-refractivity contribution in [3.8, 4) is 0 Å². The van der Waals surface area contributed by atoms with Gasteiger partial charge >= 0.3 is 0 Å². The summed E-state index contributed by atoms with van der Waals surface area (Å²) >= 11 is 3.51. The van der Waals surface area contributed by atoms with E-state index in [1.54, 1.807) is 0 Å². The summed E-state index contributed by atoms with van der Waals surface area (Å²) in [6.45, 7) is 6.21. The Morgan fingerprint density at radius 3 is 2.50 bits per heavy atom. The van der Waals surface area contributed by atoms with Gasteiger partial charge in [-0.1, -0.05) is 34.1 Å². The molecule has 98 valence electrons. The smallest absolute Gasteiger partial charge is 0.156 e. The van der Waals surface area contributed by atoms with Crippen LogP contribution in [0.15, 0.2) is 28.7 Å². The molecule has 0 bridgehead atoms. The predicted molar refractivity (Wildman–Crippen MR) is 77.7 cm³/mol. The first-order valence-electron chi connectivity index (χ1n) is 6.53. The summed E-state index contributed by atoms with van der Waals surface area (Å²) in [5, 5.41) is 0. The molecule has 18 heavy (non-hydrogen) atoms. The molecule has 2 nitrogen and oxygen atoms in total. The van der Waals surface area contributed by atoms with Crippen molar-refractivity contribution in [2.24, 2.45) is 0 Å². The van der Waals surface area contributed by atoms with E-state index in [1.165, 1.54) is 12.8 Å². The second-order valence-corrected chi connectivity index (χ2v) is 6.30. The van der Waals surface area contributed by atoms with Gasteiger partial charge in [0.15, 0.2) is 5.78 Å². The number of benzene rings is 1. The van der Waals surface area contributed by atoms with Gasteiger partial charge in [-0.3, -0.25) is 9.69 Å². The molecule has 0 spiro atoms. The Bertz CT molecular complexity index is 436.